The summed E-state index contributed by atoms with van der Waals surface area (Å²) in [5, 5.41) is 0.932. The molecule has 1 aromatic heterocycles. The van der Waals surface area contributed by atoms with Crippen molar-refractivity contribution in [3.8, 4) is 17.1 Å². The molecule has 1 aliphatic rings. The lowest BCUT2D eigenvalue weighted by Gasteiger charge is -2.26. The molecule has 0 spiro atoms. The van der Waals surface area contributed by atoms with Gasteiger partial charge in [0.25, 0.3) is 5.56 Å². The molecule has 0 radical (unpaired) electrons. The summed E-state index contributed by atoms with van der Waals surface area (Å²) in [6, 6.07) is 12.4. The number of likely N-dealkylation sites (N-methyl/N-ethyl adjacent to an activating group) is 1. The van der Waals surface area contributed by atoms with Crippen molar-refractivity contribution in [3.63, 3.8) is 0 Å². The molecule has 8 nitrogen and oxygen atoms in total. The van der Waals surface area contributed by atoms with Crippen LogP contribution in [-0.4, -0.2) is 78.8 Å². The van der Waals surface area contributed by atoms with Crippen molar-refractivity contribution in [2.75, 3.05) is 53.6 Å². The van der Waals surface area contributed by atoms with Gasteiger partial charge in [-0.25, -0.2) is 4.98 Å². The van der Waals surface area contributed by atoms with Gasteiger partial charge in [0, 0.05) is 44.3 Å². The fourth-order valence-corrected chi connectivity index (χ4v) is 4.05. The van der Waals surface area contributed by atoms with Crippen LogP contribution in [-0.2, 0) is 16.1 Å². The van der Waals surface area contributed by atoms with Crippen LogP contribution in [0.4, 0.5) is 0 Å². The smallest absolute Gasteiger partial charge is 0.262 e. The molecule has 0 saturated carbocycles. The lowest BCUT2D eigenvalue weighted by molar-refractivity contribution is -0.129. The molecular weight excluding hydrogens is 456 g/mol. The number of morpholine rings is 1. The molecule has 1 aliphatic heterocycles. The van der Waals surface area contributed by atoms with Gasteiger partial charge < -0.3 is 14.4 Å². The predicted octanol–water partition coefficient (Wildman–Crippen LogP) is 2.91. The van der Waals surface area contributed by atoms with Gasteiger partial charge in [0.15, 0.2) is 0 Å². The third-order valence-electron chi connectivity index (χ3n) is 5.79. The second kappa shape index (κ2) is 11.0. The molecule has 180 valence electrons. The molecule has 0 N–H and O–H groups in total. The maximum Gasteiger partial charge on any atom is 0.262 e. The first kappa shape index (κ1) is 24.2. The van der Waals surface area contributed by atoms with Crippen LogP contribution in [0, 0.1) is 0 Å². The Bertz CT molecular complexity index is 1220. The zero-order valence-electron chi connectivity index (χ0n) is 19.5. The number of halogens is 1. The summed E-state index contributed by atoms with van der Waals surface area (Å²) in [5.74, 6) is 0.797. The number of aromatic nitrogens is 2. The Morgan fingerprint density at radius 1 is 1.18 bits per heavy atom. The number of nitrogens with zero attached hydrogens (tertiary/aromatic N) is 4. The molecule has 9 heteroatoms. The topological polar surface area (TPSA) is 76.9 Å². The Kier molecular flexibility index (Phi) is 7.82. The van der Waals surface area contributed by atoms with Crippen molar-refractivity contribution in [2.24, 2.45) is 0 Å². The van der Waals surface area contributed by atoms with E-state index < -0.39 is 0 Å². The summed E-state index contributed by atoms with van der Waals surface area (Å²) in [5.41, 5.74) is 0.907. The molecule has 1 saturated heterocycles. The standard InChI is InChI=1S/C25H29ClN4O4/c1-28(2)23(31)17-30-24(18-5-3-6-19(26)15-18)27-22-8-7-20(16-21(22)25(30)32)34-12-4-9-29-10-13-33-14-11-29/h3,5-8,15-16H,4,9-14,17H2,1-2H3. The number of amides is 1. The van der Waals surface area contributed by atoms with Crippen LogP contribution in [0.15, 0.2) is 47.3 Å². The van der Waals surface area contributed by atoms with E-state index >= 15 is 0 Å². The fourth-order valence-electron chi connectivity index (χ4n) is 3.86. The van der Waals surface area contributed by atoms with Crippen molar-refractivity contribution in [2.45, 2.75) is 13.0 Å². The van der Waals surface area contributed by atoms with Crippen LogP contribution in [0.1, 0.15) is 6.42 Å². The maximum atomic E-state index is 13.5. The Morgan fingerprint density at radius 2 is 1.97 bits per heavy atom. The first-order valence-electron chi connectivity index (χ1n) is 11.4. The van der Waals surface area contributed by atoms with Gasteiger partial charge in [0.05, 0.1) is 30.7 Å². The van der Waals surface area contributed by atoms with Gasteiger partial charge in [-0.3, -0.25) is 19.1 Å². The minimum Gasteiger partial charge on any atom is -0.494 e. The maximum absolute atomic E-state index is 13.5. The number of hydrogen-bond acceptors (Lipinski definition) is 6. The summed E-state index contributed by atoms with van der Waals surface area (Å²) in [7, 11) is 3.31. The monoisotopic (exact) mass is 484 g/mol. The van der Waals surface area contributed by atoms with Gasteiger partial charge in [-0.05, 0) is 36.8 Å². The highest BCUT2D eigenvalue weighted by Gasteiger charge is 2.17. The predicted molar refractivity (Wildman–Crippen MR) is 133 cm³/mol. The highest BCUT2D eigenvalue weighted by atomic mass is 35.5. The number of rotatable bonds is 8. The molecule has 1 amide bonds. The number of fused-ring (bicyclic) bond motifs is 1. The minimum absolute atomic E-state index is 0.124. The first-order chi connectivity index (χ1) is 16.4. The van der Waals surface area contributed by atoms with Crippen molar-refractivity contribution in [3.05, 3.63) is 57.8 Å². The summed E-state index contributed by atoms with van der Waals surface area (Å²) >= 11 is 6.18. The van der Waals surface area contributed by atoms with Crippen molar-refractivity contribution >= 4 is 28.4 Å². The summed E-state index contributed by atoms with van der Waals surface area (Å²) in [4.78, 5) is 34.5. The molecule has 4 rings (SSSR count). The van der Waals surface area contributed by atoms with Gasteiger partial charge >= 0.3 is 0 Å². The normalized spacial score (nSPS) is 14.3. The Morgan fingerprint density at radius 3 is 2.71 bits per heavy atom. The van der Waals surface area contributed by atoms with Crippen LogP contribution in [0.3, 0.4) is 0 Å². The Hall–Kier alpha value is -2.94. The molecule has 2 aromatic carbocycles. The SMILES string of the molecule is CN(C)C(=O)Cn1c(-c2cccc(Cl)c2)nc2ccc(OCCCN3CCOCC3)cc2c1=O. The third-order valence-corrected chi connectivity index (χ3v) is 6.03. The van der Waals surface area contributed by atoms with Crippen LogP contribution < -0.4 is 10.3 Å². The fraction of sp³-hybridized carbons (Fsp3) is 0.400. The lowest BCUT2D eigenvalue weighted by atomic mass is 10.1. The zero-order valence-corrected chi connectivity index (χ0v) is 20.3. The Labute approximate surface area is 203 Å². The van der Waals surface area contributed by atoms with Gasteiger partial charge in [-0.2, -0.15) is 0 Å². The molecule has 34 heavy (non-hydrogen) atoms. The number of benzene rings is 2. The summed E-state index contributed by atoms with van der Waals surface area (Å²) in [6.07, 6.45) is 0.881. The van der Waals surface area contributed by atoms with Gasteiger partial charge in [-0.15, -0.1) is 0 Å². The van der Waals surface area contributed by atoms with E-state index in [0.29, 0.717) is 39.7 Å². The van der Waals surface area contributed by atoms with Crippen LogP contribution >= 0.6 is 11.6 Å². The quantitative estimate of drug-likeness (QED) is 0.457. The summed E-state index contributed by atoms with van der Waals surface area (Å²) in [6.45, 7) is 4.81. The van der Waals surface area contributed by atoms with E-state index in [9.17, 15) is 9.59 Å². The first-order valence-corrected chi connectivity index (χ1v) is 11.7. The molecule has 0 bridgehead atoms. The Balaban J connectivity index is 1.61. The number of ether oxygens (including phenoxy) is 2. The lowest BCUT2D eigenvalue weighted by Crippen LogP contribution is -2.37. The van der Waals surface area contributed by atoms with Gasteiger partial charge in [0.2, 0.25) is 5.91 Å². The van der Waals surface area contributed by atoms with Gasteiger partial charge in [-0.1, -0.05) is 23.7 Å². The summed E-state index contributed by atoms with van der Waals surface area (Å²) < 4.78 is 12.7. The molecule has 0 aliphatic carbocycles. The zero-order chi connectivity index (χ0) is 24.1. The largest absolute Gasteiger partial charge is 0.494 e. The second-order valence-electron chi connectivity index (χ2n) is 8.46. The van der Waals surface area contributed by atoms with Gasteiger partial charge in [0.1, 0.15) is 18.1 Å². The molecule has 0 atom stereocenters. The van der Waals surface area contributed by atoms with E-state index in [1.54, 1.807) is 44.4 Å². The van der Waals surface area contributed by atoms with Crippen LogP contribution in [0.5, 0.6) is 5.75 Å². The van der Waals surface area contributed by atoms with E-state index in [2.05, 4.69) is 4.90 Å². The molecule has 1 fully saturated rings. The minimum atomic E-state index is -0.297. The number of hydrogen-bond donors (Lipinski definition) is 0. The molecule has 0 unspecified atom stereocenters. The third kappa shape index (κ3) is 5.75. The highest BCUT2D eigenvalue weighted by molar-refractivity contribution is 6.30. The van der Waals surface area contributed by atoms with E-state index in [4.69, 9.17) is 26.1 Å². The van der Waals surface area contributed by atoms with E-state index in [0.717, 1.165) is 39.3 Å². The highest BCUT2D eigenvalue weighted by Crippen LogP contribution is 2.24. The van der Waals surface area contributed by atoms with Crippen molar-refractivity contribution in [1.82, 2.24) is 19.4 Å². The van der Waals surface area contributed by atoms with Crippen molar-refractivity contribution in [1.29, 1.82) is 0 Å². The average molecular weight is 485 g/mol. The van der Waals surface area contributed by atoms with Crippen LogP contribution in [0.25, 0.3) is 22.3 Å². The van der Waals surface area contributed by atoms with Crippen molar-refractivity contribution < 1.29 is 14.3 Å². The number of carbonyl (C=O) groups excluding carboxylic acids is 1. The molecular formula is C25H29ClN4O4. The average Bonchev–Trinajstić information content (AvgIpc) is 2.84. The second-order valence-corrected chi connectivity index (χ2v) is 8.90. The van der Waals surface area contributed by atoms with E-state index in [1.165, 1.54) is 9.47 Å². The van der Waals surface area contributed by atoms with E-state index in [-0.39, 0.29) is 18.0 Å². The molecule has 2 heterocycles. The molecule has 3 aromatic rings. The van der Waals surface area contributed by atoms with Crippen LogP contribution in [0.2, 0.25) is 5.02 Å². The number of carbonyl (C=O) groups is 1. The van der Waals surface area contributed by atoms with E-state index in [1.807, 2.05) is 12.1 Å².